The molecule has 2 nitrogen and oxygen atoms in total. The van der Waals surface area contributed by atoms with Gasteiger partial charge < -0.3 is 11.1 Å². The number of aryl methyl sites for hydroxylation is 2. The molecule has 1 unspecified atom stereocenters. The van der Waals surface area contributed by atoms with Gasteiger partial charge in [-0.25, -0.2) is 0 Å². The zero-order valence-electron chi connectivity index (χ0n) is 10.8. The van der Waals surface area contributed by atoms with Gasteiger partial charge in [-0.05, 0) is 44.5 Å². The molecule has 0 radical (unpaired) electrons. The molecule has 0 saturated carbocycles. The molecule has 1 atom stereocenters. The summed E-state index contributed by atoms with van der Waals surface area (Å²) < 4.78 is 0. The summed E-state index contributed by atoms with van der Waals surface area (Å²) in [5, 5.41) is 4.01. The maximum Gasteiger partial charge on any atom is 0.0739 e. The Labute approximate surface area is 117 Å². The summed E-state index contributed by atoms with van der Waals surface area (Å²) in [4.78, 5) is 2.67. The highest BCUT2D eigenvalue weighted by Crippen LogP contribution is 2.32. The third kappa shape index (κ3) is 2.62. The number of hydrogen-bond donors (Lipinski definition) is 2. The Balaban J connectivity index is 2.24. The lowest BCUT2D eigenvalue weighted by Crippen LogP contribution is -2.08. The Morgan fingerprint density at radius 3 is 2.67 bits per heavy atom. The Morgan fingerprint density at radius 2 is 2.06 bits per heavy atom. The SMILES string of the molecule is Cc1cc(C(C)Nc2cccc(Cl)c2N)c(C)s1. The number of nitrogen functional groups attached to an aromatic ring is 1. The van der Waals surface area contributed by atoms with E-state index in [1.165, 1.54) is 15.3 Å². The van der Waals surface area contributed by atoms with Crippen LogP contribution in [0, 0.1) is 13.8 Å². The lowest BCUT2D eigenvalue weighted by atomic mass is 10.1. The van der Waals surface area contributed by atoms with E-state index in [4.69, 9.17) is 17.3 Å². The number of para-hydroxylation sites is 1. The monoisotopic (exact) mass is 280 g/mol. The third-order valence-electron chi connectivity index (χ3n) is 2.97. The van der Waals surface area contributed by atoms with E-state index in [0.29, 0.717) is 10.7 Å². The minimum atomic E-state index is 0.218. The molecule has 4 heteroatoms. The number of nitrogens with one attached hydrogen (secondary N) is 1. The molecule has 2 rings (SSSR count). The van der Waals surface area contributed by atoms with Crippen molar-refractivity contribution in [1.82, 2.24) is 0 Å². The van der Waals surface area contributed by atoms with Crippen LogP contribution in [0.3, 0.4) is 0 Å². The molecule has 2 aromatic rings. The van der Waals surface area contributed by atoms with Crippen molar-refractivity contribution in [1.29, 1.82) is 0 Å². The predicted octanol–water partition coefficient (Wildman–Crippen LogP) is 4.77. The van der Waals surface area contributed by atoms with Gasteiger partial charge in [-0.1, -0.05) is 17.7 Å². The molecule has 0 aliphatic rings. The summed E-state index contributed by atoms with van der Waals surface area (Å²) in [5.74, 6) is 0. The van der Waals surface area contributed by atoms with Gasteiger partial charge in [-0.3, -0.25) is 0 Å². The molecule has 1 aromatic heterocycles. The maximum absolute atomic E-state index is 6.02. The average Bonchev–Trinajstić information content (AvgIpc) is 2.64. The second kappa shape index (κ2) is 5.21. The number of nitrogens with two attached hydrogens (primary N) is 1. The van der Waals surface area contributed by atoms with Crippen LogP contribution in [-0.4, -0.2) is 0 Å². The zero-order chi connectivity index (χ0) is 13.3. The van der Waals surface area contributed by atoms with Crippen molar-refractivity contribution in [2.75, 3.05) is 11.1 Å². The van der Waals surface area contributed by atoms with Crippen LogP contribution >= 0.6 is 22.9 Å². The van der Waals surface area contributed by atoms with E-state index < -0.39 is 0 Å². The number of thiophene rings is 1. The van der Waals surface area contributed by atoms with E-state index in [-0.39, 0.29) is 6.04 Å². The maximum atomic E-state index is 6.02. The topological polar surface area (TPSA) is 38.0 Å². The van der Waals surface area contributed by atoms with Gasteiger partial charge in [0.1, 0.15) is 0 Å². The van der Waals surface area contributed by atoms with Crippen LogP contribution in [0.15, 0.2) is 24.3 Å². The second-order valence-electron chi connectivity index (χ2n) is 4.44. The second-order valence-corrected chi connectivity index (χ2v) is 6.30. The molecule has 0 bridgehead atoms. The van der Waals surface area contributed by atoms with Crippen LogP contribution in [0.1, 0.15) is 28.3 Å². The van der Waals surface area contributed by atoms with Crippen LogP contribution < -0.4 is 11.1 Å². The van der Waals surface area contributed by atoms with Crippen LogP contribution in [0.25, 0.3) is 0 Å². The van der Waals surface area contributed by atoms with Crippen LogP contribution in [0.2, 0.25) is 5.02 Å². The van der Waals surface area contributed by atoms with Gasteiger partial charge in [0.2, 0.25) is 0 Å². The van der Waals surface area contributed by atoms with Crippen molar-refractivity contribution in [3.8, 4) is 0 Å². The molecule has 3 N–H and O–H groups in total. The highest BCUT2D eigenvalue weighted by atomic mass is 35.5. The zero-order valence-corrected chi connectivity index (χ0v) is 12.3. The number of anilines is 2. The first-order valence-corrected chi connectivity index (χ1v) is 7.06. The van der Waals surface area contributed by atoms with Crippen molar-refractivity contribution >= 4 is 34.3 Å². The van der Waals surface area contributed by atoms with Gasteiger partial charge in [0, 0.05) is 15.8 Å². The van der Waals surface area contributed by atoms with Crippen LogP contribution in [0.5, 0.6) is 0 Å². The Morgan fingerprint density at radius 1 is 1.33 bits per heavy atom. The highest BCUT2D eigenvalue weighted by molar-refractivity contribution is 7.12. The Bertz CT molecular complexity index is 563. The Kier molecular flexibility index (Phi) is 3.83. The molecule has 0 fully saturated rings. The molecule has 96 valence electrons. The van der Waals surface area contributed by atoms with Gasteiger partial charge in [0.05, 0.1) is 16.4 Å². The first-order chi connectivity index (χ1) is 8.49. The van der Waals surface area contributed by atoms with Crippen LogP contribution in [-0.2, 0) is 0 Å². The Hall–Kier alpha value is -1.19. The molecule has 0 saturated heterocycles. The summed E-state index contributed by atoms with van der Waals surface area (Å²) in [6.45, 7) is 6.41. The van der Waals surface area contributed by atoms with E-state index in [2.05, 4.69) is 32.2 Å². The fourth-order valence-corrected chi connectivity index (χ4v) is 3.25. The van der Waals surface area contributed by atoms with Crippen LogP contribution in [0.4, 0.5) is 11.4 Å². The normalized spacial score (nSPS) is 12.4. The molecule has 0 aliphatic heterocycles. The first-order valence-electron chi connectivity index (χ1n) is 5.86. The van der Waals surface area contributed by atoms with E-state index in [0.717, 1.165) is 5.69 Å². The fraction of sp³-hybridized carbons (Fsp3) is 0.286. The van der Waals surface area contributed by atoms with Crippen molar-refractivity contribution in [3.63, 3.8) is 0 Å². The molecule has 0 aliphatic carbocycles. The average molecular weight is 281 g/mol. The molecule has 0 spiro atoms. The number of rotatable bonds is 3. The molecule has 1 heterocycles. The molecule has 0 amide bonds. The molecular formula is C14H17ClN2S. The number of hydrogen-bond acceptors (Lipinski definition) is 3. The smallest absolute Gasteiger partial charge is 0.0739 e. The van der Waals surface area contributed by atoms with E-state index in [9.17, 15) is 0 Å². The highest BCUT2D eigenvalue weighted by Gasteiger charge is 2.12. The lowest BCUT2D eigenvalue weighted by Gasteiger charge is -2.17. The van der Waals surface area contributed by atoms with Gasteiger partial charge in [-0.15, -0.1) is 11.3 Å². The van der Waals surface area contributed by atoms with Crippen molar-refractivity contribution in [2.45, 2.75) is 26.8 Å². The standard InChI is InChI=1S/C14H17ClN2S/c1-8-7-11(10(3)18-8)9(2)17-13-6-4-5-12(15)14(13)16/h4-7,9,17H,16H2,1-3H3. The first kappa shape index (κ1) is 13.2. The van der Waals surface area contributed by atoms with E-state index >= 15 is 0 Å². The van der Waals surface area contributed by atoms with Crippen molar-refractivity contribution in [2.24, 2.45) is 0 Å². The van der Waals surface area contributed by atoms with Gasteiger partial charge in [0.25, 0.3) is 0 Å². The summed E-state index contributed by atoms with van der Waals surface area (Å²) in [6, 6.07) is 8.09. The molecule has 1 aromatic carbocycles. The number of benzene rings is 1. The summed E-state index contributed by atoms with van der Waals surface area (Å²) in [7, 11) is 0. The molecule has 18 heavy (non-hydrogen) atoms. The predicted molar refractivity (Wildman–Crippen MR) is 81.7 cm³/mol. The third-order valence-corrected chi connectivity index (χ3v) is 4.28. The summed E-state index contributed by atoms with van der Waals surface area (Å²) in [5.41, 5.74) is 8.77. The minimum absolute atomic E-state index is 0.218. The van der Waals surface area contributed by atoms with E-state index in [1.54, 1.807) is 6.07 Å². The largest absolute Gasteiger partial charge is 0.396 e. The molecular weight excluding hydrogens is 264 g/mol. The van der Waals surface area contributed by atoms with Crippen molar-refractivity contribution in [3.05, 3.63) is 44.6 Å². The fourth-order valence-electron chi connectivity index (χ4n) is 2.05. The van der Waals surface area contributed by atoms with E-state index in [1.807, 2.05) is 23.5 Å². The minimum Gasteiger partial charge on any atom is -0.396 e. The lowest BCUT2D eigenvalue weighted by molar-refractivity contribution is 0.882. The quantitative estimate of drug-likeness (QED) is 0.795. The van der Waals surface area contributed by atoms with Gasteiger partial charge >= 0.3 is 0 Å². The number of halogens is 1. The van der Waals surface area contributed by atoms with Gasteiger partial charge in [-0.2, -0.15) is 0 Å². The van der Waals surface area contributed by atoms with Crippen molar-refractivity contribution < 1.29 is 0 Å². The summed E-state index contributed by atoms with van der Waals surface area (Å²) >= 11 is 7.83. The summed E-state index contributed by atoms with van der Waals surface area (Å²) in [6.07, 6.45) is 0. The van der Waals surface area contributed by atoms with Gasteiger partial charge in [0.15, 0.2) is 0 Å².